The average Bonchev–Trinajstić information content (AvgIpc) is 3.37. The van der Waals surface area contributed by atoms with Crippen molar-refractivity contribution in [3.8, 4) is 0 Å². The molecule has 0 radical (unpaired) electrons. The molecule has 71 heavy (non-hydrogen) atoms. The molecule has 1 saturated heterocycles. The zero-order chi connectivity index (χ0) is 51.5. The maximum atomic E-state index is 13.1. The lowest BCUT2D eigenvalue weighted by Crippen LogP contribution is -2.60. The smallest absolute Gasteiger partial charge is 0.220 e. The van der Waals surface area contributed by atoms with Crippen molar-refractivity contribution in [3.05, 3.63) is 24.3 Å². The van der Waals surface area contributed by atoms with Gasteiger partial charge in [0.05, 0.1) is 25.4 Å². The quantitative estimate of drug-likeness (QED) is 0.0261. The SMILES string of the molecule is CCCCCCCCCCCCCC/C=C\CCCCCCCCCC(=O)NC(COC1OC(CO)C(O)C(O)C1O)C(O)/C=C/CCCCCCCCCCCCCCCCCCCCCCCCC. The number of allylic oxidation sites excluding steroid dienone is 3. The molecule has 6 N–H and O–H groups in total. The largest absolute Gasteiger partial charge is 0.394 e. The summed E-state index contributed by atoms with van der Waals surface area (Å²) in [4.78, 5) is 13.1. The average molecular weight is 1010 g/mol. The first-order chi connectivity index (χ1) is 34.8. The van der Waals surface area contributed by atoms with Crippen LogP contribution in [0.25, 0.3) is 0 Å². The predicted molar refractivity (Wildman–Crippen MR) is 300 cm³/mol. The van der Waals surface area contributed by atoms with Crippen molar-refractivity contribution in [1.82, 2.24) is 5.32 Å². The molecule has 420 valence electrons. The standard InChI is InChI=1S/C62H119NO8/c1-3-5-7-9-11-13-15-17-19-21-23-25-27-28-30-31-33-35-37-39-41-43-45-47-49-51-56(65)55(54-70-62-61(69)60(68)59(67)57(53-64)71-62)63-58(66)52-50-48-46-44-42-40-38-36-34-32-29-26-24-22-20-18-16-14-12-10-8-6-4-2/h32,34,49,51,55-57,59-62,64-65,67-69H,3-31,33,35-48,50,52-54H2,1-2H3,(H,63,66)/b34-32-,51-49+. The molecule has 1 rings (SSSR count). The van der Waals surface area contributed by atoms with E-state index < -0.39 is 49.5 Å². The highest BCUT2D eigenvalue weighted by atomic mass is 16.7. The molecular weight excluding hydrogens is 887 g/mol. The van der Waals surface area contributed by atoms with Crippen molar-refractivity contribution in [2.24, 2.45) is 0 Å². The maximum absolute atomic E-state index is 13.1. The van der Waals surface area contributed by atoms with Crippen molar-refractivity contribution in [2.75, 3.05) is 13.2 Å². The summed E-state index contributed by atoms with van der Waals surface area (Å²) in [5.41, 5.74) is 0. The number of carbonyl (C=O) groups excluding carboxylic acids is 1. The number of rotatable bonds is 54. The molecule has 0 aromatic carbocycles. The van der Waals surface area contributed by atoms with Gasteiger partial charge in [0.25, 0.3) is 0 Å². The molecule has 9 nitrogen and oxygen atoms in total. The molecule has 1 aliphatic heterocycles. The van der Waals surface area contributed by atoms with Gasteiger partial charge in [0, 0.05) is 6.42 Å². The first-order valence-corrected chi connectivity index (χ1v) is 31.1. The summed E-state index contributed by atoms with van der Waals surface area (Å²) in [6.45, 7) is 3.82. The van der Waals surface area contributed by atoms with Gasteiger partial charge in [-0.05, 0) is 44.9 Å². The van der Waals surface area contributed by atoms with E-state index in [0.717, 1.165) is 38.5 Å². The van der Waals surface area contributed by atoms with Gasteiger partial charge in [-0.15, -0.1) is 0 Å². The minimum Gasteiger partial charge on any atom is -0.394 e. The van der Waals surface area contributed by atoms with E-state index in [1.54, 1.807) is 6.08 Å². The zero-order valence-corrected chi connectivity index (χ0v) is 46.8. The van der Waals surface area contributed by atoms with E-state index in [0.29, 0.717) is 6.42 Å². The molecule has 0 saturated carbocycles. The summed E-state index contributed by atoms with van der Waals surface area (Å²) in [5, 5.41) is 54.6. The summed E-state index contributed by atoms with van der Waals surface area (Å²) in [7, 11) is 0. The number of unbranched alkanes of at least 4 members (excludes halogenated alkanes) is 42. The normalized spacial score (nSPS) is 19.3. The molecule has 1 heterocycles. The van der Waals surface area contributed by atoms with E-state index in [-0.39, 0.29) is 12.5 Å². The molecule has 0 spiro atoms. The number of aliphatic hydroxyl groups is 5. The highest BCUT2D eigenvalue weighted by Gasteiger charge is 2.44. The number of hydrogen-bond donors (Lipinski definition) is 6. The summed E-state index contributed by atoms with van der Waals surface area (Å²) in [6.07, 6.45) is 59.7. The van der Waals surface area contributed by atoms with Crippen LogP contribution in [0.5, 0.6) is 0 Å². The Balaban J connectivity index is 2.20. The number of amides is 1. The molecule has 0 aromatic heterocycles. The topological polar surface area (TPSA) is 149 Å². The number of aliphatic hydroxyl groups excluding tert-OH is 5. The number of nitrogens with one attached hydrogen (secondary N) is 1. The van der Waals surface area contributed by atoms with Gasteiger partial charge in [0.2, 0.25) is 5.91 Å². The molecule has 0 aromatic rings. The van der Waals surface area contributed by atoms with Gasteiger partial charge in [-0.25, -0.2) is 0 Å². The van der Waals surface area contributed by atoms with Crippen molar-refractivity contribution in [1.29, 1.82) is 0 Å². The fraction of sp³-hybridized carbons (Fsp3) is 0.919. The van der Waals surface area contributed by atoms with Crippen LogP contribution in [0.2, 0.25) is 0 Å². The Kier molecular flexibility index (Phi) is 49.7. The second kappa shape index (κ2) is 52.1. The van der Waals surface area contributed by atoms with Crippen LogP contribution in [0.4, 0.5) is 0 Å². The molecule has 0 aliphatic carbocycles. The molecular formula is C62H119NO8. The van der Waals surface area contributed by atoms with E-state index in [9.17, 15) is 30.3 Å². The van der Waals surface area contributed by atoms with Crippen molar-refractivity contribution in [3.63, 3.8) is 0 Å². The van der Waals surface area contributed by atoms with Crippen LogP contribution in [0, 0.1) is 0 Å². The highest BCUT2D eigenvalue weighted by molar-refractivity contribution is 5.76. The van der Waals surface area contributed by atoms with Crippen LogP contribution in [-0.2, 0) is 14.3 Å². The Morgan fingerprint density at radius 2 is 0.789 bits per heavy atom. The Morgan fingerprint density at radius 3 is 1.14 bits per heavy atom. The summed E-state index contributed by atoms with van der Waals surface area (Å²) in [5.74, 6) is -0.176. The fourth-order valence-electron chi connectivity index (χ4n) is 10.1. The lowest BCUT2D eigenvalue weighted by Gasteiger charge is -2.40. The fourth-order valence-corrected chi connectivity index (χ4v) is 10.1. The van der Waals surface area contributed by atoms with Gasteiger partial charge in [-0.3, -0.25) is 4.79 Å². The predicted octanol–water partition coefficient (Wildman–Crippen LogP) is 15.7. The van der Waals surface area contributed by atoms with Crippen LogP contribution in [0.15, 0.2) is 24.3 Å². The highest BCUT2D eigenvalue weighted by Crippen LogP contribution is 2.23. The van der Waals surface area contributed by atoms with Gasteiger partial charge in [-0.2, -0.15) is 0 Å². The lowest BCUT2D eigenvalue weighted by molar-refractivity contribution is -0.302. The minimum atomic E-state index is -1.57. The third kappa shape index (κ3) is 41.6. The zero-order valence-electron chi connectivity index (χ0n) is 46.8. The van der Waals surface area contributed by atoms with Gasteiger partial charge in [0.1, 0.15) is 24.4 Å². The monoisotopic (exact) mass is 1010 g/mol. The Labute approximate surface area is 439 Å². The summed E-state index contributed by atoms with van der Waals surface area (Å²) >= 11 is 0. The van der Waals surface area contributed by atoms with Crippen molar-refractivity contribution < 1.29 is 39.8 Å². The molecule has 9 heteroatoms. The Morgan fingerprint density at radius 1 is 0.465 bits per heavy atom. The number of hydrogen-bond acceptors (Lipinski definition) is 8. The van der Waals surface area contributed by atoms with E-state index in [1.165, 1.54) is 250 Å². The Bertz CT molecular complexity index is 1170. The lowest BCUT2D eigenvalue weighted by atomic mass is 9.99. The second-order valence-corrected chi connectivity index (χ2v) is 21.9. The van der Waals surface area contributed by atoms with Gasteiger partial charge in [-0.1, -0.05) is 282 Å². The molecule has 1 fully saturated rings. The third-order valence-electron chi connectivity index (χ3n) is 15.0. The van der Waals surface area contributed by atoms with Gasteiger partial charge in [0.15, 0.2) is 6.29 Å². The maximum Gasteiger partial charge on any atom is 0.220 e. The molecule has 7 atom stereocenters. The first-order valence-electron chi connectivity index (χ1n) is 31.1. The number of carbonyl (C=O) groups is 1. The van der Waals surface area contributed by atoms with Crippen LogP contribution in [0.3, 0.4) is 0 Å². The van der Waals surface area contributed by atoms with Crippen LogP contribution in [-0.4, -0.2) is 87.5 Å². The Hall–Kier alpha value is -1.33. The summed E-state index contributed by atoms with van der Waals surface area (Å²) < 4.78 is 11.3. The van der Waals surface area contributed by atoms with Gasteiger partial charge >= 0.3 is 0 Å². The van der Waals surface area contributed by atoms with E-state index in [2.05, 4.69) is 31.3 Å². The van der Waals surface area contributed by atoms with Gasteiger partial charge < -0.3 is 40.3 Å². The van der Waals surface area contributed by atoms with Crippen molar-refractivity contribution >= 4 is 5.91 Å². The molecule has 7 unspecified atom stereocenters. The minimum absolute atomic E-state index is 0.176. The second-order valence-electron chi connectivity index (χ2n) is 21.9. The van der Waals surface area contributed by atoms with E-state index in [4.69, 9.17) is 9.47 Å². The molecule has 1 amide bonds. The molecule has 0 bridgehead atoms. The summed E-state index contributed by atoms with van der Waals surface area (Å²) in [6, 6.07) is -0.806. The van der Waals surface area contributed by atoms with Crippen molar-refractivity contribution in [2.45, 2.75) is 352 Å². The van der Waals surface area contributed by atoms with E-state index >= 15 is 0 Å². The van der Waals surface area contributed by atoms with Crippen LogP contribution >= 0.6 is 0 Å². The number of ether oxygens (including phenoxy) is 2. The third-order valence-corrected chi connectivity index (χ3v) is 15.0. The first kappa shape index (κ1) is 67.7. The molecule has 1 aliphatic rings. The van der Waals surface area contributed by atoms with E-state index in [1.807, 2.05) is 6.08 Å². The van der Waals surface area contributed by atoms with Crippen LogP contribution in [0.1, 0.15) is 309 Å². The van der Waals surface area contributed by atoms with Crippen LogP contribution < -0.4 is 5.32 Å².